The van der Waals surface area contributed by atoms with Crippen molar-refractivity contribution in [2.24, 2.45) is 0 Å². The normalized spacial score (nSPS) is 9.13. The lowest BCUT2D eigenvalue weighted by molar-refractivity contribution is -0.125. The first-order valence-corrected chi connectivity index (χ1v) is 4.17. The van der Waals surface area contributed by atoms with Gasteiger partial charge in [-0.3, -0.25) is 4.79 Å². The molecule has 0 saturated carbocycles. The Labute approximate surface area is 86.6 Å². The Morgan fingerprint density at radius 1 is 1.40 bits per heavy atom. The van der Waals surface area contributed by atoms with Gasteiger partial charge in [0, 0.05) is 5.56 Å². The van der Waals surface area contributed by atoms with E-state index in [1.165, 1.54) is 7.11 Å². The van der Waals surface area contributed by atoms with E-state index < -0.39 is 6.16 Å². The summed E-state index contributed by atoms with van der Waals surface area (Å²) >= 11 is 0. The molecule has 0 radical (unpaired) electrons. The van der Waals surface area contributed by atoms with Gasteiger partial charge in [-0.15, -0.1) is 0 Å². The average Bonchev–Trinajstić information content (AvgIpc) is 2.27. The molecule has 0 bridgehead atoms. The highest BCUT2D eigenvalue weighted by Gasteiger charge is 2.06. The van der Waals surface area contributed by atoms with Crippen LogP contribution in [-0.4, -0.2) is 19.7 Å². The summed E-state index contributed by atoms with van der Waals surface area (Å²) in [7, 11) is 1.52. The molecule has 1 aromatic rings. The molecule has 0 fully saturated rings. The van der Waals surface area contributed by atoms with Crippen molar-refractivity contribution in [2.75, 3.05) is 7.11 Å². The third-order valence-electron chi connectivity index (χ3n) is 1.68. The Balaban J connectivity index is 2.56. The molecule has 0 aliphatic carbocycles. The van der Waals surface area contributed by atoms with Crippen LogP contribution in [0.2, 0.25) is 0 Å². The summed E-state index contributed by atoms with van der Waals surface area (Å²) in [4.78, 5) is 20.5. The maximum Gasteiger partial charge on any atom is 0.516 e. The lowest BCUT2D eigenvalue weighted by Crippen LogP contribution is -2.06. The summed E-state index contributed by atoms with van der Waals surface area (Å²) < 4.78 is 13.6. The second-order valence-corrected chi connectivity index (χ2v) is 2.56. The molecule has 0 N–H and O–H groups in total. The van der Waals surface area contributed by atoms with E-state index in [-0.39, 0.29) is 13.1 Å². The van der Waals surface area contributed by atoms with Crippen LogP contribution in [0, 0.1) is 0 Å². The van der Waals surface area contributed by atoms with E-state index in [1.807, 2.05) is 0 Å². The van der Waals surface area contributed by atoms with E-state index >= 15 is 0 Å². The van der Waals surface area contributed by atoms with Crippen molar-refractivity contribution < 1.29 is 23.8 Å². The first-order chi connectivity index (χ1) is 7.27. The lowest BCUT2D eigenvalue weighted by Gasteiger charge is -2.07. The second kappa shape index (κ2) is 5.64. The fourth-order valence-corrected chi connectivity index (χ4v) is 1.03. The molecule has 5 heteroatoms. The number of benzene rings is 1. The molecule has 1 rings (SSSR count). The average molecular weight is 210 g/mol. The Kier molecular flexibility index (Phi) is 4.15. The molecule has 0 aromatic heterocycles. The summed E-state index contributed by atoms with van der Waals surface area (Å²) in [5.41, 5.74) is 0.697. The van der Waals surface area contributed by atoms with E-state index in [0.717, 1.165) is 0 Å². The molecule has 0 amide bonds. The fraction of sp³-hybridized carbons (Fsp3) is 0.200. The molecule has 0 aliphatic rings. The zero-order valence-corrected chi connectivity index (χ0v) is 8.14. The quantitative estimate of drug-likeness (QED) is 0.428. The molecule has 0 heterocycles. The van der Waals surface area contributed by atoms with Gasteiger partial charge in [0.2, 0.25) is 0 Å². The van der Waals surface area contributed by atoms with Crippen molar-refractivity contribution in [2.45, 2.75) is 6.61 Å². The van der Waals surface area contributed by atoms with Crippen LogP contribution in [0.3, 0.4) is 0 Å². The van der Waals surface area contributed by atoms with E-state index in [9.17, 15) is 9.59 Å². The van der Waals surface area contributed by atoms with Crippen LogP contribution in [-0.2, 0) is 20.9 Å². The highest BCUT2D eigenvalue weighted by molar-refractivity contribution is 5.69. The van der Waals surface area contributed by atoms with E-state index in [4.69, 9.17) is 4.74 Å². The maximum atomic E-state index is 10.7. The Morgan fingerprint density at radius 2 is 2.13 bits per heavy atom. The number of para-hydroxylation sites is 1. The van der Waals surface area contributed by atoms with Crippen LogP contribution in [0.4, 0.5) is 4.79 Å². The minimum Gasteiger partial charge on any atom is -0.496 e. The van der Waals surface area contributed by atoms with Crippen LogP contribution in [0.25, 0.3) is 0 Å². The van der Waals surface area contributed by atoms with Crippen molar-refractivity contribution in [3.8, 4) is 5.75 Å². The number of carbonyl (C=O) groups excluding carboxylic acids is 2. The minimum absolute atomic E-state index is 0.00329. The van der Waals surface area contributed by atoms with Gasteiger partial charge < -0.3 is 14.2 Å². The van der Waals surface area contributed by atoms with Crippen molar-refractivity contribution >= 4 is 12.6 Å². The van der Waals surface area contributed by atoms with Gasteiger partial charge in [0.15, 0.2) is 0 Å². The van der Waals surface area contributed by atoms with E-state index in [0.29, 0.717) is 11.3 Å². The minimum atomic E-state index is -1.03. The molecule has 0 unspecified atom stereocenters. The van der Waals surface area contributed by atoms with Gasteiger partial charge in [-0.25, -0.2) is 4.79 Å². The van der Waals surface area contributed by atoms with Crippen LogP contribution in [0.1, 0.15) is 5.56 Å². The molecule has 0 saturated heterocycles. The maximum absolute atomic E-state index is 10.7. The number of hydrogen-bond acceptors (Lipinski definition) is 5. The summed E-state index contributed by atoms with van der Waals surface area (Å²) in [6, 6.07) is 7.06. The standard InChI is InChI=1S/C10H10O5/c1-13-9-5-3-2-4-8(9)6-14-10(12)15-7-11/h2-5,7H,6H2,1H3. The zero-order chi connectivity index (χ0) is 11.1. The van der Waals surface area contributed by atoms with E-state index in [1.54, 1.807) is 24.3 Å². The highest BCUT2D eigenvalue weighted by atomic mass is 16.7. The third-order valence-corrected chi connectivity index (χ3v) is 1.68. The molecule has 0 atom stereocenters. The van der Waals surface area contributed by atoms with Gasteiger partial charge in [0.05, 0.1) is 7.11 Å². The molecule has 1 aromatic carbocycles. The SMILES string of the molecule is COc1ccccc1COC(=O)OC=O. The Bertz CT molecular complexity index is 347. The number of hydrogen-bond donors (Lipinski definition) is 0. The van der Waals surface area contributed by atoms with Crippen molar-refractivity contribution in [3.63, 3.8) is 0 Å². The summed E-state index contributed by atoms with van der Waals surface area (Å²) in [5, 5.41) is 0. The fourth-order valence-electron chi connectivity index (χ4n) is 1.03. The van der Waals surface area contributed by atoms with Gasteiger partial charge in [-0.05, 0) is 6.07 Å². The van der Waals surface area contributed by atoms with Crippen LogP contribution in [0.5, 0.6) is 5.75 Å². The number of rotatable bonds is 4. The van der Waals surface area contributed by atoms with Crippen molar-refractivity contribution in [1.82, 2.24) is 0 Å². The highest BCUT2D eigenvalue weighted by Crippen LogP contribution is 2.17. The smallest absolute Gasteiger partial charge is 0.496 e. The number of methoxy groups -OCH3 is 1. The Morgan fingerprint density at radius 3 is 2.80 bits per heavy atom. The molecule has 0 spiro atoms. The Hall–Kier alpha value is -2.04. The van der Waals surface area contributed by atoms with Crippen LogP contribution < -0.4 is 4.74 Å². The van der Waals surface area contributed by atoms with Crippen molar-refractivity contribution in [1.29, 1.82) is 0 Å². The van der Waals surface area contributed by atoms with Crippen LogP contribution in [0.15, 0.2) is 24.3 Å². The summed E-state index contributed by atoms with van der Waals surface area (Å²) in [5.74, 6) is 0.608. The second-order valence-electron chi connectivity index (χ2n) is 2.56. The molecular formula is C10H10O5. The molecule has 80 valence electrons. The molecule has 0 aliphatic heterocycles. The number of ether oxygens (including phenoxy) is 3. The van der Waals surface area contributed by atoms with Gasteiger partial charge in [-0.1, -0.05) is 18.2 Å². The van der Waals surface area contributed by atoms with Gasteiger partial charge in [0.25, 0.3) is 0 Å². The summed E-state index contributed by atoms with van der Waals surface area (Å²) in [6.07, 6.45) is -1.03. The van der Waals surface area contributed by atoms with Crippen LogP contribution >= 0.6 is 0 Å². The third kappa shape index (κ3) is 3.30. The predicted molar refractivity (Wildman–Crippen MR) is 50.3 cm³/mol. The van der Waals surface area contributed by atoms with E-state index in [2.05, 4.69) is 9.47 Å². The van der Waals surface area contributed by atoms with Gasteiger partial charge in [0.1, 0.15) is 12.4 Å². The summed E-state index contributed by atoms with van der Waals surface area (Å²) in [6.45, 7) is 0.0151. The molecule has 15 heavy (non-hydrogen) atoms. The zero-order valence-electron chi connectivity index (χ0n) is 8.14. The first-order valence-electron chi connectivity index (χ1n) is 4.17. The largest absolute Gasteiger partial charge is 0.516 e. The molecule has 5 nitrogen and oxygen atoms in total. The molecular weight excluding hydrogens is 200 g/mol. The first kappa shape index (κ1) is 11.0. The monoisotopic (exact) mass is 210 g/mol. The number of carbonyl (C=O) groups is 2. The lowest BCUT2D eigenvalue weighted by atomic mass is 10.2. The topological polar surface area (TPSA) is 61.8 Å². The van der Waals surface area contributed by atoms with Gasteiger partial charge in [-0.2, -0.15) is 0 Å². The predicted octanol–water partition coefficient (Wildman–Crippen LogP) is 1.50. The van der Waals surface area contributed by atoms with Crippen molar-refractivity contribution in [3.05, 3.63) is 29.8 Å². The van der Waals surface area contributed by atoms with Gasteiger partial charge >= 0.3 is 12.6 Å².